The molecular weight excluding hydrogens is 274 g/mol. The maximum Gasteiger partial charge on any atom is 0.262 e. The Kier molecular flexibility index (Phi) is 5.74. The van der Waals surface area contributed by atoms with Crippen molar-refractivity contribution in [2.75, 3.05) is 39.4 Å². The highest BCUT2D eigenvalue weighted by Crippen LogP contribution is 2.13. The zero-order valence-electron chi connectivity index (χ0n) is 11.2. The van der Waals surface area contributed by atoms with Crippen LogP contribution in [0.1, 0.15) is 4.88 Å². The van der Waals surface area contributed by atoms with Crippen LogP contribution in [0.5, 0.6) is 0 Å². The fourth-order valence-corrected chi connectivity index (χ4v) is 2.57. The molecule has 0 aromatic carbocycles. The van der Waals surface area contributed by atoms with Gasteiger partial charge in [-0.05, 0) is 17.5 Å². The van der Waals surface area contributed by atoms with Gasteiger partial charge < -0.3 is 10.1 Å². The first-order valence-electron chi connectivity index (χ1n) is 6.53. The Morgan fingerprint density at radius 1 is 1.55 bits per heavy atom. The molecule has 1 saturated heterocycles. The van der Waals surface area contributed by atoms with Gasteiger partial charge in [0.25, 0.3) is 5.91 Å². The number of hydrogen-bond donors (Lipinski definition) is 1. The fourth-order valence-electron chi connectivity index (χ4n) is 1.91. The van der Waals surface area contributed by atoms with Crippen molar-refractivity contribution < 1.29 is 9.53 Å². The lowest BCUT2D eigenvalue weighted by Gasteiger charge is -2.26. The van der Waals surface area contributed by atoms with Crippen LogP contribution in [0.15, 0.2) is 23.1 Å². The molecule has 1 aromatic rings. The number of nitriles is 1. The molecule has 2 heterocycles. The number of nitrogens with zero attached hydrogens (tertiary/aromatic N) is 2. The van der Waals surface area contributed by atoms with Gasteiger partial charge in [-0.3, -0.25) is 9.69 Å². The second-order valence-corrected chi connectivity index (χ2v) is 5.37. The standard InChI is InChI=1S/C14H17N3O2S/c15-11-12(10-13-2-1-9-20-13)14(18)16-3-4-17-5-7-19-8-6-17/h1-2,9-10H,3-8H2,(H,16,18). The molecule has 0 unspecified atom stereocenters. The molecule has 5 nitrogen and oxygen atoms in total. The molecule has 1 fully saturated rings. The minimum atomic E-state index is -0.311. The SMILES string of the molecule is N#CC(=Cc1cccs1)C(=O)NCCN1CCOCC1. The molecule has 6 heteroatoms. The van der Waals surface area contributed by atoms with Crippen LogP contribution in [0.25, 0.3) is 6.08 Å². The Balaban J connectivity index is 1.79. The quantitative estimate of drug-likeness (QED) is 0.652. The van der Waals surface area contributed by atoms with E-state index in [9.17, 15) is 4.79 Å². The highest BCUT2D eigenvalue weighted by Gasteiger charge is 2.12. The average Bonchev–Trinajstić information content (AvgIpc) is 2.98. The molecule has 20 heavy (non-hydrogen) atoms. The first kappa shape index (κ1) is 14.7. The lowest BCUT2D eigenvalue weighted by Crippen LogP contribution is -2.41. The van der Waals surface area contributed by atoms with Crippen LogP contribution in [0, 0.1) is 11.3 Å². The zero-order valence-corrected chi connectivity index (χ0v) is 12.0. The predicted molar refractivity (Wildman–Crippen MR) is 78.2 cm³/mol. The molecule has 0 bridgehead atoms. The summed E-state index contributed by atoms with van der Waals surface area (Å²) in [6.07, 6.45) is 1.62. The topological polar surface area (TPSA) is 65.4 Å². The van der Waals surface area contributed by atoms with E-state index in [4.69, 9.17) is 10.00 Å². The monoisotopic (exact) mass is 291 g/mol. The normalized spacial score (nSPS) is 16.6. The maximum absolute atomic E-state index is 11.9. The molecule has 0 spiro atoms. The van der Waals surface area contributed by atoms with Gasteiger partial charge >= 0.3 is 0 Å². The fraction of sp³-hybridized carbons (Fsp3) is 0.429. The van der Waals surface area contributed by atoms with Crippen LogP contribution in [0.4, 0.5) is 0 Å². The number of carbonyl (C=O) groups is 1. The molecule has 1 aliphatic heterocycles. The molecule has 1 aliphatic rings. The molecular formula is C14H17N3O2S. The Hall–Kier alpha value is -1.68. The van der Waals surface area contributed by atoms with E-state index in [1.165, 1.54) is 11.3 Å². The summed E-state index contributed by atoms with van der Waals surface area (Å²) in [6, 6.07) is 5.72. The summed E-state index contributed by atoms with van der Waals surface area (Å²) in [5, 5.41) is 13.7. The van der Waals surface area contributed by atoms with Crippen molar-refractivity contribution in [1.29, 1.82) is 5.26 Å². The van der Waals surface area contributed by atoms with Gasteiger partial charge in [0.2, 0.25) is 0 Å². The van der Waals surface area contributed by atoms with Crippen LogP contribution < -0.4 is 5.32 Å². The summed E-state index contributed by atoms with van der Waals surface area (Å²) in [6.45, 7) is 4.61. The van der Waals surface area contributed by atoms with Crippen LogP contribution in [0.2, 0.25) is 0 Å². The van der Waals surface area contributed by atoms with Gasteiger partial charge in [-0.25, -0.2) is 0 Å². The number of rotatable bonds is 5. The van der Waals surface area contributed by atoms with Crippen molar-refractivity contribution in [3.63, 3.8) is 0 Å². The van der Waals surface area contributed by atoms with Crippen molar-refractivity contribution in [2.45, 2.75) is 0 Å². The van der Waals surface area contributed by atoms with Gasteiger partial charge in [0.05, 0.1) is 13.2 Å². The Morgan fingerprint density at radius 2 is 2.35 bits per heavy atom. The number of nitrogens with one attached hydrogen (secondary N) is 1. The van der Waals surface area contributed by atoms with Gasteiger partial charge in [-0.2, -0.15) is 5.26 Å². The first-order chi connectivity index (χ1) is 9.79. The molecule has 1 N–H and O–H groups in total. The van der Waals surface area contributed by atoms with E-state index in [1.54, 1.807) is 6.08 Å². The molecule has 1 aromatic heterocycles. The second-order valence-electron chi connectivity index (χ2n) is 4.40. The third kappa shape index (κ3) is 4.46. The van der Waals surface area contributed by atoms with E-state index in [0.29, 0.717) is 6.54 Å². The Labute approximate surface area is 122 Å². The van der Waals surface area contributed by atoms with Gasteiger partial charge in [-0.1, -0.05) is 6.07 Å². The van der Waals surface area contributed by atoms with Gasteiger partial charge in [0.1, 0.15) is 11.6 Å². The smallest absolute Gasteiger partial charge is 0.262 e. The van der Waals surface area contributed by atoms with Crippen LogP contribution in [-0.2, 0) is 9.53 Å². The highest BCUT2D eigenvalue weighted by molar-refractivity contribution is 7.10. The van der Waals surface area contributed by atoms with Crippen LogP contribution >= 0.6 is 11.3 Å². The van der Waals surface area contributed by atoms with E-state index in [-0.39, 0.29) is 11.5 Å². The number of morpholine rings is 1. The Morgan fingerprint density at radius 3 is 3.00 bits per heavy atom. The lowest BCUT2D eigenvalue weighted by atomic mass is 10.2. The largest absolute Gasteiger partial charge is 0.379 e. The van der Waals surface area contributed by atoms with Crippen LogP contribution in [0.3, 0.4) is 0 Å². The number of amides is 1. The van der Waals surface area contributed by atoms with E-state index in [1.807, 2.05) is 23.6 Å². The number of thiophene rings is 1. The van der Waals surface area contributed by atoms with Crippen molar-refractivity contribution in [1.82, 2.24) is 10.2 Å². The summed E-state index contributed by atoms with van der Waals surface area (Å²) in [4.78, 5) is 15.0. The number of hydrogen-bond acceptors (Lipinski definition) is 5. The van der Waals surface area contributed by atoms with Gasteiger partial charge in [0.15, 0.2) is 0 Å². The second kappa shape index (κ2) is 7.80. The summed E-state index contributed by atoms with van der Waals surface area (Å²) in [5.74, 6) is -0.311. The van der Waals surface area contributed by atoms with E-state index < -0.39 is 0 Å². The van der Waals surface area contributed by atoms with Crippen LogP contribution in [-0.4, -0.2) is 50.2 Å². The van der Waals surface area contributed by atoms with Crippen molar-refractivity contribution in [3.8, 4) is 6.07 Å². The molecule has 2 rings (SSSR count). The maximum atomic E-state index is 11.9. The summed E-state index contributed by atoms with van der Waals surface area (Å²) in [7, 11) is 0. The summed E-state index contributed by atoms with van der Waals surface area (Å²) < 4.78 is 5.26. The first-order valence-corrected chi connectivity index (χ1v) is 7.41. The molecule has 106 valence electrons. The third-order valence-corrected chi connectivity index (χ3v) is 3.83. The van der Waals surface area contributed by atoms with Crippen molar-refractivity contribution >= 4 is 23.3 Å². The molecule has 0 atom stereocenters. The van der Waals surface area contributed by atoms with Gasteiger partial charge in [-0.15, -0.1) is 11.3 Å². The minimum absolute atomic E-state index is 0.148. The summed E-state index contributed by atoms with van der Waals surface area (Å²) in [5.41, 5.74) is 0.148. The predicted octanol–water partition coefficient (Wildman–Crippen LogP) is 1.10. The van der Waals surface area contributed by atoms with Crippen molar-refractivity contribution in [3.05, 3.63) is 28.0 Å². The average molecular weight is 291 g/mol. The highest BCUT2D eigenvalue weighted by atomic mass is 32.1. The van der Waals surface area contributed by atoms with E-state index in [0.717, 1.165) is 37.7 Å². The van der Waals surface area contributed by atoms with Crippen molar-refractivity contribution in [2.24, 2.45) is 0 Å². The van der Waals surface area contributed by atoms with E-state index in [2.05, 4.69) is 10.2 Å². The summed E-state index contributed by atoms with van der Waals surface area (Å²) >= 11 is 1.50. The molecule has 0 radical (unpaired) electrons. The molecule has 1 amide bonds. The van der Waals surface area contributed by atoms with E-state index >= 15 is 0 Å². The molecule has 0 aliphatic carbocycles. The number of ether oxygens (including phenoxy) is 1. The van der Waals surface area contributed by atoms with Gasteiger partial charge in [0, 0.05) is 31.1 Å². The zero-order chi connectivity index (χ0) is 14.2. The molecule has 0 saturated carbocycles. The third-order valence-electron chi connectivity index (χ3n) is 3.01. The Bertz CT molecular complexity index is 499. The number of carbonyl (C=O) groups excluding carboxylic acids is 1. The lowest BCUT2D eigenvalue weighted by molar-refractivity contribution is -0.117. The minimum Gasteiger partial charge on any atom is -0.379 e.